The van der Waals surface area contributed by atoms with Gasteiger partial charge in [0.15, 0.2) is 0 Å². The molecule has 0 radical (unpaired) electrons. The number of benzene rings is 1. The number of carbonyl (C=O) groups excluding carboxylic acids is 1. The number of hydrogen-bond donors (Lipinski definition) is 0. The minimum absolute atomic E-state index is 0.668. The Bertz CT molecular complexity index is 431. The lowest BCUT2D eigenvalue weighted by molar-refractivity contribution is 0.112. The van der Waals surface area contributed by atoms with Crippen LogP contribution < -0.4 is 4.74 Å². The Balaban J connectivity index is 1.83. The largest absolute Gasteiger partial charge is 0.493 e. The zero-order valence-corrected chi connectivity index (χ0v) is 9.57. The number of hydrogen-bond acceptors (Lipinski definition) is 3. The van der Waals surface area contributed by atoms with Crippen LogP contribution in [0.5, 0.6) is 5.75 Å². The summed E-state index contributed by atoms with van der Waals surface area (Å²) in [5.74, 6) is 0.808. The van der Waals surface area contributed by atoms with E-state index in [0.29, 0.717) is 12.2 Å². The number of ether oxygens (including phenoxy) is 1. The van der Waals surface area contributed by atoms with E-state index in [1.54, 1.807) is 23.5 Å². The summed E-state index contributed by atoms with van der Waals surface area (Å²) < 4.78 is 5.57. The molecule has 1 aromatic carbocycles. The van der Waals surface area contributed by atoms with Gasteiger partial charge >= 0.3 is 0 Å². The van der Waals surface area contributed by atoms with Crippen LogP contribution in [0.15, 0.2) is 41.8 Å². The maximum Gasteiger partial charge on any atom is 0.150 e. The molecule has 0 unspecified atom stereocenters. The van der Waals surface area contributed by atoms with Crippen LogP contribution in [0.1, 0.15) is 15.2 Å². The summed E-state index contributed by atoms with van der Waals surface area (Å²) >= 11 is 1.74. The van der Waals surface area contributed by atoms with E-state index in [2.05, 4.69) is 11.4 Å². The van der Waals surface area contributed by atoms with Gasteiger partial charge in [0.1, 0.15) is 12.0 Å². The van der Waals surface area contributed by atoms with Gasteiger partial charge in [-0.2, -0.15) is 0 Å². The van der Waals surface area contributed by atoms with Crippen molar-refractivity contribution in [3.63, 3.8) is 0 Å². The molecular weight excluding hydrogens is 220 g/mol. The van der Waals surface area contributed by atoms with E-state index >= 15 is 0 Å². The molecule has 0 amide bonds. The number of carbonyl (C=O) groups is 1. The number of thiophene rings is 1. The molecule has 82 valence electrons. The van der Waals surface area contributed by atoms with E-state index in [-0.39, 0.29) is 0 Å². The number of aldehydes is 1. The predicted molar refractivity (Wildman–Crippen MR) is 65.3 cm³/mol. The van der Waals surface area contributed by atoms with Crippen molar-refractivity contribution >= 4 is 17.6 Å². The van der Waals surface area contributed by atoms with Crippen molar-refractivity contribution in [3.8, 4) is 5.75 Å². The average molecular weight is 232 g/mol. The third kappa shape index (κ3) is 2.94. The molecule has 16 heavy (non-hydrogen) atoms. The second-order valence-electron chi connectivity index (χ2n) is 3.36. The van der Waals surface area contributed by atoms with E-state index in [1.165, 1.54) is 4.88 Å². The molecule has 1 aromatic heterocycles. The van der Waals surface area contributed by atoms with Crippen LogP contribution in [0, 0.1) is 0 Å². The lowest BCUT2D eigenvalue weighted by Crippen LogP contribution is -1.99. The van der Waals surface area contributed by atoms with Crippen LogP contribution in [0.25, 0.3) is 0 Å². The topological polar surface area (TPSA) is 26.3 Å². The highest BCUT2D eigenvalue weighted by Crippen LogP contribution is 2.13. The molecule has 0 fully saturated rings. The molecule has 0 aliphatic carbocycles. The molecule has 2 aromatic rings. The maximum atomic E-state index is 10.4. The summed E-state index contributed by atoms with van der Waals surface area (Å²) in [5.41, 5.74) is 0.672. The first-order valence-electron chi connectivity index (χ1n) is 5.09. The first-order chi connectivity index (χ1) is 7.88. The molecular formula is C13H12O2S. The molecule has 1 heterocycles. The molecule has 2 nitrogen and oxygen atoms in total. The lowest BCUT2D eigenvalue weighted by Gasteiger charge is -2.04. The Hall–Kier alpha value is -1.61. The van der Waals surface area contributed by atoms with Gasteiger partial charge in [-0.05, 0) is 35.7 Å². The van der Waals surface area contributed by atoms with Gasteiger partial charge in [0.05, 0.1) is 6.61 Å². The standard InChI is InChI=1S/C13H12O2S/c14-10-11-3-5-12(6-4-11)15-8-7-13-2-1-9-16-13/h1-6,9-10H,7-8H2. The van der Waals surface area contributed by atoms with Crippen molar-refractivity contribution in [2.75, 3.05) is 6.61 Å². The minimum atomic E-state index is 0.668. The fourth-order valence-electron chi connectivity index (χ4n) is 1.37. The van der Waals surface area contributed by atoms with Crippen molar-refractivity contribution in [1.82, 2.24) is 0 Å². The monoisotopic (exact) mass is 232 g/mol. The van der Waals surface area contributed by atoms with Crippen LogP contribution in [0.4, 0.5) is 0 Å². The SMILES string of the molecule is O=Cc1ccc(OCCc2cccs2)cc1. The molecule has 0 aliphatic heterocycles. The maximum absolute atomic E-state index is 10.4. The average Bonchev–Trinajstić information content (AvgIpc) is 2.83. The van der Waals surface area contributed by atoms with Crippen molar-refractivity contribution < 1.29 is 9.53 Å². The zero-order chi connectivity index (χ0) is 11.2. The van der Waals surface area contributed by atoms with Crippen LogP contribution in [-0.2, 0) is 6.42 Å². The van der Waals surface area contributed by atoms with E-state index in [1.807, 2.05) is 18.2 Å². The predicted octanol–water partition coefficient (Wildman–Crippen LogP) is 3.18. The first-order valence-corrected chi connectivity index (χ1v) is 5.97. The first kappa shape index (κ1) is 10.9. The van der Waals surface area contributed by atoms with Gasteiger partial charge in [-0.15, -0.1) is 11.3 Å². The van der Waals surface area contributed by atoms with E-state index in [0.717, 1.165) is 18.5 Å². The quantitative estimate of drug-likeness (QED) is 0.740. The molecule has 0 spiro atoms. The highest BCUT2D eigenvalue weighted by Gasteiger charge is 1.96. The molecule has 2 rings (SSSR count). The van der Waals surface area contributed by atoms with E-state index < -0.39 is 0 Å². The molecule has 0 saturated heterocycles. The van der Waals surface area contributed by atoms with Gasteiger partial charge in [-0.25, -0.2) is 0 Å². The molecule has 0 bridgehead atoms. The van der Waals surface area contributed by atoms with E-state index in [9.17, 15) is 4.79 Å². The third-order valence-corrected chi connectivity index (χ3v) is 3.15. The second kappa shape index (κ2) is 5.47. The fourth-order valence-corrected chi connectivity index (χ4v) is 2.06. The van der Waals surface area contributed by atoms with Crippen molar-refractivity contribution in [1.29, 1.82) is 0 Å². The van der Waals surface area contributed by atoms with Gasteiger partial charge in [0, 0.05) is 16.9 Å². The summed E-state index contributed by atoms with van der Waals surface area (Å²) in [6.45, 7) is 0.668. The molecule has 0 aliphatic rings. The highest BCUT2D eigenvalue weighted by molar-refractivity contribution is 7.09. The Kier molecular flexibility index (Phi) is 3.72. The Morgan fingerprint density at radius 1 is 1.19 bits per heavy atom. The molecule has 0 N–H and O–H groups in total. The van der Waals surface area contributed by atoms with Gasteiger partial charge < -0.3 is 4.74 Å². The molecule has 0 saturated carbocycles. The van der Waals surface area contributed by atoms with Crippen LogP contribution in [0.3, 0.4) is 0 Å². The third-order valence-electron chi connectivity index (χ3n) is 2.21. The normalized spacial score (nSPS) is 10.0. The van der Waals surface area contributed by atoms with Crippen molar-refractivity contribution in [3.05, 3.63) is 52.2 Å². The van der Waals surface area contributed by atoms with Crippen LogP contribution in [0.2, 0.25) is 0 Å². The smallest absolute Gasteiger partial charge is 0.150 e. The van der Waals surface area contributed by atoms with Gasteiger partial charge in [-0.1, -0.05) is 6.07 Å². The van der Waals surface area contributed by atoms with Gasteiger partial charge in [-0.3, -0.25) is 4.79 Å². The molecule has 3 heteroatoms. The Labute approximate surface area is 98.5 Å². The summed E-state index contributed by atoms with van der Waals surface area (Å²) in [5, 5.41) is 2.06. The number of rotatable bonds is 5. The summed E-state index contributed by atoms with van der Waals surface area (Å²) in [6, 6.07) is 11.3. The zero-order valence-electron chi connectivity index (χ0n) is 8.76. The van der Waals surface area contributed by atoms with E-state index in [4.69, 9.17) is 4.74 Å². The summed E-state index contributed by atoms with van der Waals surface area (Å²) in [7, 11) is 0. The summed E-state index contributed by atoms with van der Waals surface area (Å²) in [6.07, 6.45) is 1.75. The van der Waals surface area contributed by atoms with Crippen LogP contribution in [-0.4, -0.2) is 12.9 Å². The lowest BCUT2D eigenvalue weighted by atomic mass is 10.2. The highest BCUT2D eigenvalue weighted by atomic mass is 32.1. The van der Waals surface area contributed by atoms with Crippen molar-refractivity contribution in [2.45, 2.75) is 6.42 Å². The van der Waals surface area contributed by atoms with Gasteiger partial charge in [0.2, 0.25) is 0 Å². The van der Waals surface area contributed by atoms with Gasteiger partial charge in [0.25, 0.3) is 0 Å². The Morgan fingerprint density at radius 3 is 2.62 bits per heavy atom. The second-order valence-corrected chi connectivity index (χ2v) is 4.40. The summed E-state index contributed by atoms with van der Waals surface area (Å²) in [4.78, 5) is 11.8. The molecule has 0 atom stereocenters. The fraction of sp³-hybridized carbons (Fsp3) is 0.154. The van der Waals surface area contributed by atoms with Crippen molar-refractivity contribution in [2.24, 2.45) is 0 Å². The minimum Gasteiger partial charge on any atom is -0.493 e. The van der Waals surface area contributed by atoms with Crippen LogP contribution >= 0.6 is 11.3 Å². The Morgan fingerprint density at radius 2 is 2.00 bits per heavy atom.